The van der Waals surface area contributed by atoms with Gasteiger partial charge in [0.2, 0.25) is 0 Å². The van der Waals surface area contributed by atoms with E-state index >= 15 is 0 Å². The molecular formula is C12H13N3O5S. The van der Waals surface area contributed by atoms with Crippen LogP contribution in [-0.2, 0) is 4.79 Å². The largest absolute Gasteiger partial charge is 0.497 e. The highest BCUT2D eigenvalue weighted by Gasteiger charge is 2.16. The van der Waals surface area contributed by atoms with Gasteiger partial charge in [0.25, 0.3) is 0 Å². The number of benzene rings is 1. The minimum absolute atomic E-state index is 0.212. The molecule has 0 saturated heterocycles. The van der Waals surface area contributed by atoms with E-state index in [1.54, 1.807) is 18.2 Å². The summed E-state index contributed by atoms with van der Waals surface area (Å²) in [5.74, 6) is -0.236. The topological polar surface area (TPSA) is 106 Å². The maximum Gasteiger partial charge on any atom is 0.348 e. The van der Waals surface area contributed by atoms with Crippen LogP contribution in [0.4, 0.5) is 0 Å². The van der Waals surface area contributed by atoms with Gasteiger partial charge >= 0.3 is 11.7 Å². The molecule has 0 aliphatic rings. The molecule has 0 radical (unpaired) electrons. The number of ether oxygens (including phenoxy) is 2. The summed E-state index contributed by atoms with van der Waals surface area (Å²) in [5.41, 5.74) is -0.0714. The van der Waals surface area contributed by atoms with Crippen LogP contribution in [0.2, 0.25) is 0 Å². The number of nitrogens with one attached hydrogen (secondary N) is 1. The predicted octanol–water partition coefficient (Wildman–Crippen LogP) is 0.754. The van der Waals surface area contributed by atoms with Crippen molar-refractivity contribution in [3.8, 4) is 17.2 Å². The summed E-state index contributed by atoms with van der Waals surface area (Å²) in [6.45, 7) is 0. The average molecular weight is 311 g/mol. The van der Waals surface area contributed by atoms with Crippen molar-refractivity contribution in [1.82, 2.24) is 14.8 Å². The van der Waals surface area contributed by atoms with Crippen LogP contribution in [0.15, 0.2) is 28.2 Å². The SMILES string of the molecule is COc1ccc(OC)c(-n2c(SCC(=O)O)n[nH]c2=O)c1. The second-order valence-corrected chi connectivity index (χ2v) is 4.81. The fourth-order valence-electron chi connectivity index (χ4n) is 1.69. The first-order valence-electron chi connectivity index (χ1n) is 5.81. The molecule has 0 aliphatic heterocycles. The number of carbonyl (C=O) groups is 1. The molecule has 0 bridgehead atoms. The number of carboxylic acid groups (broad SMARTS) is 1. The number of aromatic nitrogens is 3. The molecule has 8 nitrogen and oxygen atoms in total. The maximum atomic E-state index is 11.9. The Morgan fingerprint density at radius 2 is 2.19 bits per heavy atom. The van der Waals surface area contributed by atoms with Crippen molar-refractivity contribution in [2.75, 3.05) is 20.0 Å². The van der Waals surface area contributed by atoms with Crippen LogP contribution in [0.3, 0.4) is 0 Å². The van der Waals surface area contributed by atoms with E-state index in [2.05, 4.69) is 10.2 Å². The zero-order valence-electron chi connectivity index (χ0n) is 11.3. The molecule has 2 rings (SSSR count). The number of methoxy groups -OCH3 is 2. The molecule has 0 amide bonds. The van der Waals surface area contributed by atoms with E-state index in [1.165, 1.54) is 18.8 Å². The Morgan fingerprint density at radius 1 is 1.43 bits per heavy atom. The molecule has 1 aromatic carbocycles. The van der Waals surface area contributed by atoms with Crippen molar-refractivity contribution in [2.45, 2.75) is 5.16 Å². The van der Waals surface area contributed by atoms with Crippen LogP contribution >= 0.6 is 11.8 Å². The summed E-state index contributed by atoms with van der Waals surface area (Å²) in [7, 11) is 2.98. The van der Waals surface area contributed by atoms with Crippen LogP contribution < -0.4 is 15.2 Å². The number of hydrogen-bond donors (Lipinski definition) is 2. The molecule has 9 heteroatoms. The van der Waals surface area contributed by atoms with Gasteiger partial charge < -0.3 is 14.6 Å². The van der Waals surface area contributed by atoms with Gasteiger partial charge in [-0.25, -0.2) is 14.5 Å². The number of thioether (sulfide) groups is 1. The van der Waals surface area contributed by atoms with E-state index in [4.69, 9.17) is 14.6 Å². The van der Waals surface area contributed by atoms with Crippen molar-refractivity contribution in [1.29, 1.82) is 0 Å². The molecule has 1 heterocycles. The Morgan fingerprint density at radius 3 is 2.81 bits per heavy atom. The van der Waals surface area contributed by atoms with Gasteiger partial charge in [-0.1, -0.05) is 11.8 Å². The fourth-order valence-corrected chi connectivity index (χ4v) is 2.36. The summed E-state index contributed by atoms with van der Waals surface area (Å²) in [6.07, 6.45) is 0. The van der Waals surface area contributed by atoms with Crippen LogP contribution in [0.25, 0.3) is 5.69 Å². The van der Waals surface area contributed by atoms with E-state index < -0.39 is 11.7 Å². The van der Waals surface area contributed by atoms with Crippen molar-refractivity contribution in [2.24, 2.45) is 0 Å². The molecule has 0 saturated carbocycles. The monoisotopic (exact) mass is 311 g/mol. The molecular weight excluding hydrogens is 298 g/mol. The third-order valence-electron chi connectivity index (χ3n) is 2.59. The second kappa shape index (κ2) is 6.35. The molecule has 0 unspecified atom stereocenters. The summed E-state index contributed by atoms with van der Waals surface area (Å²) < 4.78 is 11.6. The lowest BCUT2D eigenvalue weighted by Crippen LogP contribution is -2.16. The van der Waals surface area contributed by atoms with Crippen molar-refractivity contribution < 1.29 is 19.4 Å². The third kappa shape index (κ3) is 3.19. The molecule has 0 aliphatic carbocycles. The third-order valence-corrected chi connectivity index (χ3v) is 3.52. The zero-order chi connectivity index (χ0) is 15.4. The Bertz CT molecular complexity index is 709. The standard InChI is InChI=1S/C12H13N3O5S/c1-19-7-3-4-9(20-2)8(5-7)15-11(18)13-14-12(15)21-6-10(16)17/h3-5H,6H2,1-2H3,(H,13,18)(H,16,17). The van der Waals surface area contributed by atoms with Crippen LogP contribution in [0.5, 0.6) is 11.5 Å². The Kier molecular flexibility index (Phi) is 4.53. The summed E-state index contributed by atoms with van der Waals surface area (Å²) in [6, 6.07) is 4.96. The molecule has 21 heavy (non-hydrogen) atoms. The van der Waals surface area contributed by atoms with Gasteiger partial charge in [0, 0.05) is 6.07 Å². The van der Waals surface area contributed by atoms with Gasteiger partial charge in [-0.15, -0.1) is 5.10 Å². The lowest BCUT2D eigenvalue weighted by molar-refractivity contribution is -0.133. The normalized spacial score (nSPS) is 10.4. The van der Waals surface area contributed by atoms with Gasteiger partial charge in [-0.2, -0.15) is 0 Å². The Balaban J connectivity index is 2.52. The fraction of sp³-hybridized carbons (Fsp3) is 0.250. The van der Waals surface area contributed by atoms with Gasteiger partial charge in [0.15, 0.2) is 5.16 Å². The first-order chi connectivity index (χ1) is 10.1. The number of nitrogens with zero attached hydrogens (tertiary/aromatic N) is 2. The Labute approximate surface area is 123 Å². The van der Waals surface area contributed by atoms with Gasteiger partial charge in [0.1, 0.15) is 11.5 Å². The van der Waals surface area contributed by atoms with Crippen molar-refractivity contribution in [3.63, 3.8) is 0 Å². The Hall–Kier alpha value is -2.42. The highest BCUT2D eigenvalue weighted by Crippen LogP contribution is 2.29. The predicted molar refractivity (Wildman–Crippen MR) is 75.6 cm³/mol. The van der Waals surface area contributed by atoms with Gasteiger partial charge in [0.05, 0.1) is 25.7 Å². The number of H-pyrrole nitrogens is 1. The number of rotatable bonds is 6. The number of aromatic amines is 1. The summed E-state index contributed by atoms with van der Waals surface area (Å²) in [5, 5.41) is 15.1. The summed E-state index contributed by atoms with van der Waals surface area (Å²) in [4.78, 5) is 22.6. The first kappa shape index (κ1) is 15.0. The molecule has 2 aromatic rings. The molecule has 2 N–H and O–H groups in total. The van der Waals surface area contributed by atoms with E-state index in [0.29, 0.717) is 17.2 Å². The minimum atomic E-state index is -1.00. The van der Waals surface area contributed by atoms with Crippen LogP contribution in [0.1, 0.15) is 0 Å². The van der Waals surface area contributed by atoms with Gasteiger partial charge in [-0.3, -0.25) is 4.79 Å². The van der Waals surface area contributed by atoms with E-state index in [9.17, 15) is 9.59 Å². The molecule has 0 fully saturated rings. The minimum Gasteiger partial charge on any atom is -0.497 e. The molecule has 112 valence electrons. The molecule has 1 aromatic heterocycles. The highest BCUT2D eigenvalue weighted by molar-refractivity contribution is 7.99. The summed E-state index contributed by atoms with van der Waals surface area (Å²) >= 11 is 0.928. The highest BCUT2D eigenvalue weighted by atomic mass is 32.2. The second-order valence-electron chi connectivity index (χ2n) is 3.87. The van der Waals surface area contributed by atoms with E-state index in [1.807, 2.05) is 0 Å². The van der Waals surface area contributed by atoms with Crippen molar-refractivity contribution >= 4 is 17.7 Å². The average Bonchev–Trinajstić information content (AvgIpc) is 2.85. The van der Waals surface area contributed by atoms with Crippen LogP contribution in [-0.4, -0.2) is 45.8 Å². The quantitative estimate of drug-likeness (QED) is 0.758. The lowest BCUT2D eigenvalue weighted by atomic mass is 10.2. The molecule has 0 spiro atoms. The zero-order valence-corrected chi connectivity index (χ0v) is 12.1. The van der Waals surface area contributed by atoms with E-state index in [-0.39, 0.29) is 10.9 Å². The van der Waals surface area contributed by atoms with Gasteiger partial charge in [-0.05, 0) is 12.1 Å². The first-order valence-corrected chi connectivity index (χ1v) is 6.79. The number of carboxylic acids is 1. The molecule has 0 atom stereocenters. The van der Waals surface area contributed by atoms with E-state index in [0.717, 1.165) is 11.8 Å². The number of aliphatic carboxylic acids is 1. The van der Waals surface area contributed by atoms with Crippen molar-refractivity contribution in [3.05, 3.63) is 28.7 Å². The number of hydrogen-bond acceptors (Lipinski definition) is 6. The smallest absolute Gasteiger partial charge is 0.348 e. The van der Waals surface area contributed by atoms with Crippen LogP contribution in [0, 0.1) is 0 Å². The lowest BCUT2D eigenvalue weighted by Gasteiger charge is -2.11. The maximum absolute atomic E-state index is 11.9.